The Morgan fingerprint density at radius 1 is 1.06 bits per heavy atom. The maximum absolute atomic E-state index is 6.05. The minimum absolute atomic E-state index is 0.437. The van der Waals surface area contributed by atoms with Crippen molar-refractivity contribution in [1.29, 1.82) is 0 Å². The Morgan fingerprint density at radius 2 is 1.89 bits per heavy atom. The van der Waals surface area contributed by atoms with E-state index in [1.807, 2.05) is 30.3 Å². The third-order valence-electron chi connectivity index (χ3n) is 2.41. The van der Waals surface area contributed by atoms with E-state index in [0.717, 1.165) is 16.1 Å². The zero-order chi connectivity index (χ0) is 12.4. The number of hydrogen-bond donors (Lipinski definition) is 0. The van der Waals surface area contributed by atoms with Crippen LogP contribution in [-0.4, -0.2) is 15.0 Å². The normalized spacial score (nSPS) is 10.5. The summed E-state index contributed by atoms with van der Waals surface area (Å²) in [5.74, 6) is 0.631. The Labute approximate surface area is 113 Å². The summed E-state index contributed by atoms with van der Waals surface area (Å²) in [6.45, 7) is 0. The Balaban J connectivity index is 2.12. The van der Waals surface area contributed by atoms with E-state index < -0.39 is 0 Å². The predicted octanol–water partition coefficient (Wildman–Crippen LogP) is 3.92. The minimum Gasteiger partial charge on any atom is -0.252 e. The van der Waals surface area contributed by atoms with Crippen molar-refractivity contribution < 1.29 is 0 Å². The molecule has 0 radical (unpaired) electrons. The first-order valence-corrected chi connectivity index (χ1v) is 6.57. The standard InChI is InChI=1S/C13H8ClN3S/c14-12-6-10(11-7-15-8-18-11)16-13(17-12)9-4-2-1-3-5-9/h1-8H. The molecule has 0 bridgehead atoms. The maximum atomic E-state index is 6.05. The second-order valence-electron chi connectivity index (χ2n) is 3.63. The molecule has 1 aromatic carbocycles. The van der Waals surface area contributed by atoms with Crippen molar-refractivity contribution in [1.82, 2.24) is 15.0 Å². The van der Waals surface area contributed by atoms with E-state index in [1.165, 1.54) is 11.3 Å². The summed E-state index contributed by atoms with van der Waals surface area (Å²) >= 11 is 7.58. The zero-order valence-corrected chi connectivity index (χ0v) is 10.8. The van der Waals surface area contributed by atoms with Gasteiger partial charge in [0.2, 0.25) is 0 Å². The highest BCUT2D eigenvalue weighted by molar-refractivity contribution is 7.13. The van der Waals surface area contributed by atoms with Gasteiger partial charge in [-0.15, -0.1) is 11.3 Å². The lowest BCUT2D eigenvalue weighted by Crippen LogP contribution is -1.91. The largest absolute Gasteiger partial charge is 0.252 e. The molecule has 0 aliphatic rings. The van der Waals surface area contributed by atoms with Gasteiger partial charge in [-0.3, -0.25) is 4.98 Å². The van der Waals surface area contributed by atoms with Gasteiger partial charge in [-0.2, -0.15) is 0 Å². The summed E-state index contributed by atoms with van der Waals surface area (Å²) in [4.78, 5) is 13.8. The SMILES string of the molecule is Clc1cc(-c2cncs2)nc(-c2ccccc2)n1. The van der Waals surface area contributed by atoms with E-state index in [2.05, 4.69) is 15.0 Å². The fraction of sp³-hybridized carbons (Fsp3) is 0. The van der Waals surface area contributed by atoms with Crippen LogP contribution in [0.4, 0.5) is 0 Å². The molecule has 0 saturated carbocycles. The van der Waals surface area contributed by atoms with Crippen molar-refractivity contribution >= 4 is 22.9 Å². The van der Waals surface area contributed by atoms with Crippen LogP contribution >= 0.6 is 22.9 Å². The molecule has 2 aromatic heterocycles. The number of aromatic nitrogens is 3. The lowest BCUT2D eigenvalue weighted by molar-refractivity contribution is 1.18. The zero-order valence-electron chi connectivity index (χ0n) is 9.25. The van der Waals surface area contributed by atoms with Gasteiger partial charge in [-0.1, -0.05) is 41.9 Å². The summed E-state index contributed by atoms with van der Waals surface area (Å²) in [5.41, 5.74) is 3.52. The fourth-order valence-corrected chi connectivity index (χ4v) is 2.37. The van der Waals surface area contributed by atoms with Crippen LogP contribution in [-0.2, 0) is 0 Å². The molecule has 0 saturated heterocycles. The second kappa shape index (κ2) is 4.84. The first kappa shape index (κ1) is 11.3. The number of halogens is 1. The molecule has 2 heterocycles. The van der Waals surface area contributed by atoms with Crippen molar-refractivity contribution in [3.63, 3.8) is 0 Å². The number of benzene rings is 1. The van der Waals surface area contributed by atoms with E-state index in [-0.39, 0.29) is 0 Å². The van der Waals surface area contributed by atoms with E-state index in [9.17, 15) is 0 Å². The molecule has 5 heteroatoms. The smallest absolute Gasteiger partial charge is 0.161 e. The number of hydrogen-bond acceptors (Lipinski definition) is 4. The number of rotatable bonds is 2. The maximum Gasteiger partial charge on any atom is 0.161 e. The predicted molar refractivity (Wildman–Crippen MR) is 73.6 cm³/mol. The van der Waals surface area contributed by atoms with Crippen molar-refractivity contribution in [2.45, 2.75) is 0 Å². The van der Waals surface area contributed by atoms with E-state index in [0.29, 0.717) is 11.0 Å². The lowest BCUT2D eigenvalue weighted by atomic mass is 10.2. The molecular weight excluding hydrogens is 266 g/mol. The van der Waals surface area contributed by atoms with Crippen molar-refractivity contribution in [2.75, 3.05) is 0 Å². The van der Waals surface area contributed by atoms with Crippen LogP contribution in [0.3, 0.4) is 0 Å². The quantitative estimate of drug-likeness (QED) is 0.664. The van der Waals surface area contributed by atoms with Gasteiger partial charge in [-0.05, 0) is 0 Å². The van der Waals surface area contributed by atoms with E-state index in [1.54, 1.807) is 17.8 Å². The molecule has 0 aliphatic carbocycles. The molecule has 0 N–H and O–H groups in total. The molecule has 88 valence electrons. The van der Waals surface area contributed by atoms with Gasteiger partial charge in [-0.25, -0.2) is 9.97 Å². The van der Waals surface area contributed by atoms with E-state index in [4.69, 9.17) is 11.6 Å². The van der Waals surface area contributed by atoms with Crippen LogP contribution in [0.15, 0.2) is 48.1 Å². The Hall–Kier alpha value is -1.78. The molecule has 0 unspecified atom stereocenters. The topological polar surface area (TPSA) is 38.7 Å². The van der Waals surface area contributed by atoms with Crippen molar-refractivity contribution in [2.24, 2.45) is 0 Å². The highest BCUT2D eigenvalue weighted by atomic mass is 35.5. The minimum atomic E-state index is 0.437. The first-order chi connectivity index (χ1) is 8.83. The van der Waals surface area contributed by atoms with Crippen LogP contribution in [0.5, 0.6) is 0 Å². The third-order valence-corrected chi connectivity index (χ3v) is 3.40. The summed E-state index contributed by atoms with van der Waals surface area (Å²) in [5, 5.41) is 0.437. The Bertz CT molecular complexity index is 653. The summed E-state index contributed by atoms with van der Waals surface area (Å²) < 4.78 is 0. The van der Waals surface area contributed by atoms with Crippen LogP contribution < -0.4 is 0 Å². The monoisotopic (exact) mass is 273 g/mol. The molecule has 3 rings (SSSR count). The van der Waals surface area contributed by atoms with Gasteiger partial charge in [0.25, 0.3) is 0 Å². The van der Waals surface area contributed by atoms with Crippen molar-refractivity contribution in [3.05, 3.63) is 53.3 Å². The van der Waals surface area contributed by atoms with Crippen LogP contribution in [0.2, 0.25) is 5.15 Å². The highest BCUT2D eigenvalue weighted by Gasteiger charge is 2.08. The fourth-order valence-electron chi connectivity index (χ4n) is 1.60. The molecular formula is C13H8ClN3S. The molecule has 0 aliphatic heterocycles. The summed E-state index contributed by atoms with van der Waals surface area (Å²) in [6.07, 6.45) is 1.78. The average Bonchev–Trinajstić information content (AvgIpc) is 2.93. The molecule has 3 aromatic rings. The molecule has 18 heavy (non-hydrogen) atoms. The second-order valence-corrected chi connectivity index (χ2v) is 4.90. The van der Waals surface area contributed by atoms with Gasteiger partial charge < -0.3 is 0 Å². The summed E-state index contributed by atoms with van der Waals surface area (Å²) in [6, 6.07) is 11.5. The highest BCUT2D eigenvalue weighted by Crippen LogP contribution is 2.26. The Kier molecular flexibility index (Phi) is 3.04. The molecule has 0 amide bonds. The van der Waals surface area contributed by atoms with Gasteiger partial charge in [0.1, 0.15) is 5.15 Å². The average molecular weight is 274 g/mol. The van der Waals surface area contributed by atoms with Crippen molar-refractivity contribution in [3.8, 4) is 22.0 Å². The van der Waals surface area contributed by atoms with Gasteiger partial charge in [0.15, 0.2) is 5.82 Å². The van der Waals surface area contributed by atoms with Gasteiger partial charge in [0.05, 0.1) is 16.1 Å². The van der Waals surface area contributed by atoms with Crippen LogP contribution in [0, 0.1) is 0 Å². The molecule has 0 fully saturated rings. The summed E-state index contributed by atoms with van der Waals surface area (Å²) in [7, 11) is 0. The van der Waals surface area contributed by atoms with Gasteiger partial charge >= 0.3 is 0 Å². The third kappa shape index (κ3) is 2.25. The molecule has 3 nitrogen and oxygen atoms in total. The van der Waals surface area contributed by atoms with Crippen LogP contribution in [0.25, 0.3) is 22.0 Å². The number of nitrogens with zero attached hydrogens (tertiary/aromatic N) is 3. The van der Waals surface area contributed by atoms with Gasteiger partial charge in [0, 0.05) is 17.8 Å². The molecule has 0 spiro atoms. The van der Waals surface area contributed by atoms with E-state index >= 15 is 0 Å². The first-order valence-electron chi connectivity index (χ1n) is 5.32. The Morgan fingerprint density at radius 3 is 2.61 bits per heavy atom. The number of thiazole rings is 1. The lowest BCUT2D eigenvalue weighted by Gasteiger charge is -2.03. The van der Waals surface area contributed by atoms with Crippen LogP contribution in [0.1, 0.15) is 0 Å². The molecule has 0 atom stereocenters.